The highest BCUT2D eigenvalue weighted by Gasteiger charge is 2.12. The summed E-state index contributed by atoms with van der Waals surface area (Å²) in [5, 5.41) is 10.4. The van der Waals surface area contributed by atoms with E-state index in [0.717, 1.165) is 16.8 Å². The Morgan fingerprint density at radius 1 is 1.53 bits per heavy atom. The van der Waals surface area contributed by atoms with Gasteiger partial charge in [-0.25, -0.2) is 0 Å². The van der Waals surface area contributed by atoms with Gasteiger partial charge in [0, 0.05) is 24.6 Å². The first-order chi connectivity index (χ1) is 8.18. The average molecular weight is 233 g/mol. The minimum atomic E-state index is -0.0543. The van der Waals surface area contributed by atoms with Gasteiger partial charge in [-0.15, -0.1) is 5.10 Å². The van der Waals surface area contributed by atoms with E-state index in [9.17, 15) is 4.79 Å². The van der Waals surface area contributed by atoms with Gasteiger partial charge in [0.05, 0.1) is 18.3 Å². The molecule has 0 aliphatic carbocycles. The van der Waals surface area contributed by atoms with Crippen LogP contribution in [0.4, 0.5) is 0 Å². The summed E-state index contributed by atoms with van der Waals surface area (Å²) in [5.41, 5.74) is 2.57. The van der Waals surface area contributed by atoms with Crippen LogP contribution in [0.2, 0.25) is 0 Å². The Bertz CT molecular complexity index is 480. The van der Waals surface area contributed by atoms with Gasteiger partial charge in [0.25, 0.3) is 5.91 Å². The molecule has 2 N–H and O–H groups in total. The second kappa shape index (κ2) is 4.82. The van der Waals surface area contributed by atoms with E-state index in [1.807, 2.05) is 20.0 Å². The standard InChI is InChI=1S/C11H15N5O/c1-8-7-13-9(2)10(8)11(17)12-3-5-16-6-4-14-15-16/h4,6-7,13H,3,5H2,1-2H3,(H,12,17). The molecule has 90 valence electrons. The van der Waals surface area contributed by atoms with Crippen LogP contribution in [0.5, 0.6) is 0 Å². The van der Waals surface area contributed by atoms with E-state index in [0.29, 0.717) is 13.1 Å². The quantitative estimate of drug-likeness (QED) is 0.814. The zero-order chi connectivity index (χ0) is 12.3. The molecule has 17 heavy (non-hydrogen) atoms. The molecule has 2 aromatic rings. The third-order valence-corrected chi connectivity index (χ3v) is 2.60. The molecule has 2 rings (SSSR count). The fraction of sp³-hybridized carbons (Fsp3) is 0.364. The fourth-order valence-electron chi connectivity index (χ4n) is 1.73. The minimum absolute atomic E-state index is 0.0543. The monoisotopic (exact) mass is 233 g/mol. The number of H-pyrrole nitrogens is 1. The summed E-state index contributed by atoms with van der Waals surface area (Å²) in [6.45, 7) is 4.95. The van der Waals surface area contributed by atoms with Gasteiger partial charge in [0.1, 0.15) is 0 Å². The largest absolute Gasteiger partial charge is 0.364 e. The first-order valence-electron chi connectivity index (χ1n) is 5.45. The molecular weight excluding hydrogens is 218 g/mol. The molecule has 6 nitrogen and oxygen atoms in total. The van der Waals surface area contributed by atoms with Crippen LogP contribution in [-0.2, 0) is 6.54 Å². The maximum absolute atomic E-state index is 11.9. The van der Waals surface area contributed by atoms with E-state index in [2.05, 4.69) is 20.6 Å². The second-order valence-electron chi connectivity index (χ2n) is 3.89. The molecule has 0 bridgehead atoms. The lowest BCUT2D eigenvalue weighted by Gasteiger charge is -2.05. The van der Waals surface area contributed by atoms with Gasteiger partial charge in [-0.2, -0.15) is 0 Å². The van der Waals surface area contributed by atoms with Gasteiger partial charge in [-0.3, -0.25) is 9.48 Å². The number of aryl methyl sites for hydroxylation is 2. The zero-order valence-electron chi connectivity index (χ0n) is 9.90. The number of nitrogens with zero attached hydrogens (tertiary/aromatic N) is 3. The summed E-state index contributed by atoms with van der Waals surface area (Å²) in [6.07, 6.45) is 5.21. The molecule has 0 saturated heterocycles. The number of nitrogens with one attached hydrogen (secondary N) is 2. The maximum Gasteiger partial charge on any atom is 0.253 e. The van der Waals surface area contributed by atoms with Crippen molar-refractivity contribution < 1.29 is 4.79 Å². The molecule has 0 unspecified atom stereocenters. The Morgan fingerprint density at radius 2 is 2.35 bits per heavy atom. The molecule has 0 spiro atoms. The number of hydrogen-bond acceptors (Lipinski definition) is 3. The molecule has 0 fully saturated rings. The lowest BCUT2D eigenvalue weighted by atomic mass is 10.1. The van der Waals surface area contributed by atoms with Crippen LogP contribution in [0.3, 0.4) is 0 Å². The summed E-state index contributed by atoms with van der Waals surface area (Å²) in [4.78, 5) is 14.9. The van der Waals surface area contributed by atoms with Crippen LogP contribution in [0.1, 0.15) is 21.6 Å². The van der Waals surface area contributed by atoms with Crippen LogP contribution in [-0.4, -0.2) is 32.4 Å². The minimum Gasteiger partial charge on any atom is -0.364 e. The van der Waals surface area contributed by atoms with E-state index in [-0.39, 0.29) is 5.91 Å². The lowest BCUT2D eigenvalue weighted by molar-refractivity contribution is 0.0951. The van der Waals surface area contributed by atoms with Crippen LogP contribution in [0.25, 0.3) is 0 Å². The summed E-state index contributed by atoms with van der Waals surface area (Å²) < 4.78 is 1.68. The molecule has 2 aromatic heterocycles. The smallest absolute Gasteiger partial charge is 0.253 e. The first kappa shape index (κ1) is 11.4. The van der Waals surface area contributed by atoms with Gasteiger partial charge in [-0.1, -0.05) is 5.21 Å². The van der Waals surface area contributed by atoms with E-state index < -0.39 is 0 Å². The molecular formula is C11H15N5O. The van der Waals surface area contributed by atoms with Crippen LogP contribution >= 0.6 is 0 Å². The molecule has 1 amide bonds. The van der Waals surface area contributed by atoms with Gasteiger partial charge >= 0.3 is 0 Å². The molecule has 0 atom stereocenters. The summed E-state index contributed by atoms with van der Waals surface area (Å²) in [5.74, 6) is -0.0543. The number of amides is 1. The number of aromatic nitrogens is 4. The zero-order valence-corrected chi connectivity index (χ0v) is 9.90. The summed E-state index contributed by atoms with van der Waals surface area (Å²) in [6, 6.07) is 0. The van der Waals surface area contributed by atoms with Crippen LogP contribution in [0, 0.1) is 13.8 Å². The van der Waals surface area contributed by atoms with Gasteiger partial charge in [0.15, 0.2) is 0 Å². The predicted octanol–water partition coefficient (Wildman–Crippen LogP) is 0.653. The van der Waals surface area contributed by atoms with Crippen molar-refractivity contribution >= 4 is 5.91 Å². The SMILES string of the molecule is Cc1c[nH]c(C)c1C(=O)NCCn1ccnn1. The Labute approximate surface area is 99.0 Å². The molecule has 0 saturated carbocycles. The van der Waals surface area contributed by atoms with Crippen LogP contribution < -0.4 is 5.32 Å². The van der Waals surface area contributed by atoms with Crippen molar-refractivity contribution in [1.82, 2.24) is 25.3 Å². The Kier molecular flexibility index (Phi) is 3.22. The summed E-state index contributed by atoms with van der Waals surface area (Å²) in [7, 11) is 0. The highest BCUT2D eigenvalue weighted by atomic mass is 16.1. The third kappa shape index (κ3) is 2.52. The second-order valence-corrected chi connectivity index (χ2v) is 3.89. The first-order valence-corrected chi connectivity index (χ1v) is 5.45. The Hall–Kier alpha value is -2.11. The van der Waals surface area contributed by atoms with Crippen molar-refractivity contribution in [2.45, 2.75) is 20.4 Å². The molecule has 0 aliphatic heterocycles. The van der Waals surface area contributed by atoms with Gasteiger partial charge in [0.2, 0.25) is 0 Å². The number of rotatable bonds is 4. The number of carbonyl (C=O) groups is 1. The normalized spacial score (nSPS) is 10.5. The van der Waals surface area contributed by atoms with Crippen molar-refractivity contribution in [3.8, 4) is 0 Å². The van der Waals surface area contributed by atoms with Gasteiger partial charge in [-0.05, 0) is 19.4 Å². The average Bonchev–Trinajstić information content (AvgIpc) is 2.89. The van der Waals surface area contributed by atoms with E-state index in [4.69, 9.17) is 0 Å². The maximum atomic E-state index is 11.9. The van der Waals surface area contributed by atoms with E-state index in [1.165, 1.54) is 0 Å². The van der Waals surface area contributed by atoms with Crippen molar-refractivity contribution in [1.29, 1.82) is 0 Å². The fourth-order valence-corrected chi connectivity index (χ4v) is 1.73. The Balaban J connectivity index is 1.90. The highest BCUT2D eigenvalue weighted by Crippen LogP contribution is 2.11. The van der Waals surface area contributed by atoms with Crippen molar-refractivity contribution in [3.63, 3.8) is 0 Å². The molecule has 0 aromatic carbocycles. The van der Waals surface area contributed by atoms with Crippen LogP contribution in [0.15, 0.2) is 18.6 Å². The van der Waals surface area contributed by atoms with Crippen molar-refractivity contribution in [2.75, 3.05) is 6.54 Å². The highest BCUT2D eigenvalue weighted by molar-refractivity contribution is 5.96. The predicted molar refractivity (Wildman–Crippen MR) is 62.6 cm³/mol. The van der Waals surface area contributed by atoms with E-state index >= 15 is 0 Å². The third-order valence-electron chi connectivity index (χ3n) is 2.60. The number of carbonyl (C=O) groups excluding carboxylic acids is 1. The topological polar surface area (TPSA) is 75.6 Å². The number of hydrogen-bond donors (Lipinski definition) is 2. The summed E-state index contributed by atoms with van der Waals surface area (Å²) >= 11 is 0. The Morgan fingerprint density at radius 3 is 2.94 bits per heavy atom. The van der Waals surface area contributed by atoms with E-state index in [1.54, 1.807) is 17.1 Å². The molecule has 6 heteroatoms. The van der Waals surface area contributed by atoms with Crippen molar-refractivity contribution in [2.24, 2.45) is 0 Å². The number of aromatic amines is 1. The van der Waals surface area contributed by atoms with Gasteiger partial charge < -0.3 is 10.3 Å². The molecule has 0 radical (unpaired) electrons. The molecule has 0 aliphatic rings. The lowest BCUT2D eigenvalue weighted by Crippen LogP contribution is -2.28. The van der Waals surface area contributed by atoms with Crippen molar-refractivity contribution in [3.05, 3.63) is 35.4 Å². The molecule has 2 heterocycles.